The zero-order valence-electron chi connectivity index (χ0n) is 10.9. The maximum absolute atomic E-state index is 6.10. The Kier molecular flexibility index (Phi) is 2.50. The van der Waals surface area contributed by atoms with Gasteiger partial charge in [-0.1, -0.05) is 50.0 Å². The molecule has 0 unspecified atom stereocenters. The van der Waals surface area contributed by atoms with Crippen molar-refractivity contribution in [3.05, 3.63) is 36.4 Å². The van der Waals surface area contributed by atoms with Crippen LogP contribution in [-0.4, -0.2) is 8.07 Å². The van der Waals surface area contributed by atoms with Gasteiger partial charge in [0.25, 0.3) is 0 Å². The standard InChI is InChI=1S/C15H17NSSi/c1-18(2,3)13-9-5-7-11-10-6-4-8-12(16)14(10)17-15(11)13/h4-9H,16H2,1-3H3. The highest BCUT2D eigenvalue weighted by Gasteiger charge is 2.21. The van der Waals surface area contributed by atoms with Crippen LogP contribution in [0.1, 0.15) is 0 Å². The fraction of sp³-hybridized carbons (Fsp3) is 0.200. The van der Waals surface area contributed by atoms with Crippen molar-refractivity contribution in [1.29, 1.82) is 0 Å². The number of rotatable bonds is 1. The van der Waals surface area contributed by atoms with E-state index in [0.717, 1.165) is 5.69 Å². The van der Waals surface area contributed by atoms with E-state index >= 15 is 0 Å². The first kappa shape index (κ1) is 11.7. The number of nitrogens with two attached hydrogens (primary N) is 1. The van der Waals surface area contributed by atoms with Crippen LogP contribution >= 0.6 is 11.3 Å². The Bertz CT molecular complexity index is 737. The summed E-state index contributed by atoms with van der Waals surface area (Å²) in [5, 5.41) is 4.21. The highest BCUT2D eigenvalue weighted by Crippen LogP contribution is 2.36. The van der Waals surface area contributed by atoms with Crippen molar-refractivity contribution in [1.82, 2.24) is 0 Å². The summed E-state index contributed by atoms with van der Waals surface area (Å²) >= 11 is 1.85. The molecular formula is C15H17NSSi. The molecule has 2 aromatic carbocycles. The monoisotopic (exact) mass is 271 g/mol. The molecule has 0 amide bonds. The van der Waals surface area contributed by atoms with Crippen molar-refractivity contribution >= 4 is 50.5 Å². The Morgan fingerprint density at radius 3 is 2.17 bits per heavy atom. The van der Waals surface area contributed by atoms with Crippen LogP contribution in [-0.2, 0) is 0 Å². The third kappa shape index (κ3) is 1.66. The largest absolute Gasteiger partial charge is 0.398 e. The molecule has 18 heavy (non-hydrogen) atoms. The summed E-state index contributed by atoms with van der Waals surface area (Å²) in [6.07, 6.45) is 0. The highest BCUT2D eigenvalue weighted by molar-refractivity contribution is 7.28. The molecule has 0 fully saturated rings. The van der Waals surface area contributed by atoms with Crippen LogP contribution in [0.5, 0.6) is 0 Å². The summed E-state index contributed by atoms with van der Waals surface area (Å²) in [5.74, 6) is 0. The molecule has 0 aliphatic rings. The topological polar surface area (TPSA) is 26.0 Å². The molecule has 92 valence electrons. The van der Waals surface area contributed by atoms with Crippen molar-refractivity contribution in [3.8, 4) is 0 Å². The minimum atomic E-state index is -1.31. The number of hydrogen-bond acceptors (Lipinski definition) is 2. The second kappa shape index (κ2) is 3.83. The normalized spacial score (nSPS) is 12.4. The summed E-state index contributed by atoms with van der Waals surface area (Å²) in [4.78, 5) is 0. The summed E-state index contributed by atoms with van der Waals surface area (Å²) in [6, 6.07) is 12.9. The molecule has 0 saturated heterocycles. The molecule has 3 heteroatoms. The molecule has 0 aliphatic carbocycles. The van der Waals surface area contributed by atoms with Crippen LogP contribution < -0.4 is 10.9 Å². The van der Waals surface area contributed by atoms with Crippen LogP contribution in [0.2, 0.25) is 19.6 Å². The number of hydrogen-bond donors (Lipinski definition) is 1. The van der Waals surface area contributed by atoms with Gasteiger partial charge in [0, 0.05) is 21.2 Å². The van der Waals surface area contributed by atoms with E-state index in [4.69, 9.17) is 5.73 Å². The van der Waals surface area contributed by atoms with E-state index in [1.54, 1.807) is 5.19 Å². The predicted molar refractivity (Wildman–Crippen MR) is 86.7 cm³/mol. The average molecular weight is 271 g/mol. The van der Waals surface area contributed by atoms with Gasteiger partial charge in [-0.15, -0.1) is 11.3 Å². The molecule has 0 atom stereocenters. The van der Waals surface area contributed by atoms with Crippen LogP contribution in [0, 0.1) is 0 Å². The lowest BCUT2D eigenvalue weighted by Crippen LogP contribution is -2.37. The summed E-state index contributed by atoms with van der Waals surface area (Å²) in [5.41, 5.74) is 7.00. The Hall–Kier alpha value is -1.32. The lowest BCUT2D eigenvalue weighted by atomic mass is 10.1. The Morgan fingerprint density at radius 2 is 1.50 bits per heavy atom. The maximum atomic E-state index is 6.10. The smallest absolute Gasteiger partial charge is 0.0794 e. The van der Waals surface area contributed by atoms with E-state index in [1.807, 2.05) is 23.5 Å². The molecule has 0 radical (unpaired) electrons. The number of thiophene rings is 1. The van der Waals surface area contributed by atoms with E-state index in [9.17, 15) is 0 Å². The van der Waals surface area contributed by atoms with Gasteiger partial charge in [0.2, 0.25) is 0 Å². The third-order valence-electron chi connectivity index (χ3n) is 3.36. The van der Waals surface area contributed by atoms with Gasteiger partial charge in [0.15, 0.2) is 0 Å². The van der Waals surface area contributed by atoms with E-state index < -0.39 is 8.07 Å². The van der Waals surface area contributed by atoms with Crippen molar-refractivity contribution < 1.29 is 0 Å². The summed E-state index contributed by atoms with van der Waals surface area (Å²) in [7, 11) is -1.31. The molecule has 0 spiro atoms. The van der Waals surface area contributed by atoms with Crippen LogP contribution in [0.15, 0.2) is 36.4 Å². The number of anilines is 1. The third-order valence-corrected chi connectivity index (χ3v) is 6.88. The van der Waals surface area contributed by atoms with Crippen molar-refractivity contribution in [2.24, 2.45) is 0 Å². The van der Waals surface area contributed by atoms with E-state index in [1.165, 1.54) is 20.2 Å². The first-order chi connectivity index (χ1) is 8.48. The zero-order chi connectivity index (χ0) is 12.9. The predicted octanol–water partition coefficient (Wildman–Crippen LogP) is 4.18. The van der Waals surface area contributed by atoms with Gasteiger partial charge in [-0.3, -0.25) is 0 Å². The van der Waals surface area contributed by atoms with Gasteiger partial charge < -0.3 is 5.73 Å². The Labute approximate surface area is 112 Å². The van der Waals surface area contributed by atoms with Gasteiger partial charge in [-0.2, -0.15) is 0 Å². The quantitative estimate of drug-likeness (QED) is 0.521. The van der Waals surface area contributed by atoms with Gasteiger partial charge in [0.05, 0.1) is 12.8 Å². The Morgan fingerprint density at radius 1 is 0.889 bits per heavy atom. The van der Waals surface area contributed by atoms with Crippen molar-refractivity contribution in [2.45, 2.75) is 19.6 Å². The number of fused-ring (bicyclic) bond motifs is 3. The van der Waals surface area contributed by atoms with Crippen molar-refractivity contribution in [3.63, 3.8) is 0 Å². The molecular weight excluding hydrogens is 254 g/mol. The Balaban J connectivity index is 2.50. The van der Waals surface area contributed by atoms with E-state index in [-0.39, 0.29) is 0 Å². The fourth-order valence-electron chi connectivity index (χ4n) is 2.43. The second-order valence-electron chi connectivity index (χ2n) is 5.76. The molecule has 3 rings (SSSR count). The molecule has 1 aromatic heterocycles. The number of benzene rings is 2. The van der Waals surface area contributed by atoms with Gasteiger partial charge in [0.1, 0.15) is 0 Å². The molecule has 0 aliphatic heterocycles. The molecule has 0 saturated carbocycles. The zero-order valence-corrected chi connectivity index (χ0v) is 12.8. The lowest BCUT2D eigenvalue weighted by Gasteiger charge is -2.17. The van der Waals surface area contributed by atoms with E-state index in [2.05, 4.69) is 43.9 Å². The molecule has 2 N–H and O–H groups in total. The van der Waals surface area contributed by atoms with Crippen LogP contribution in [0.25, 0.3) is 20.2 Å². The minimum absolute atomic E-state index is 0.898. The van der Waals surface area contributed by atoms with E-state index in [0.29, 0.717) is 0 Å². The first-order valence-corrected chi connectivity index (χ1v) is 10.5. The van der Waals surface area contributed by atoms with Crippen molar-refractivity contribution in [2.75, 3.05) is 5.73 Å². The average Bonchev–Trinajstić information content (AvgIpc) is 2.68. The fourth-order valence-corrected chi connectivity index (χ4v) is 6.06. The first-order valence-electron chi connectivity index (χ1n) is 6.18. The number of nitrogen functional groups attached to an aromatic ring is 1. The molecule has 3 aromatic rings. The van der Waals surface area contributed by atoms with Crippen LogP contribution in [0.4, 0.5) is 5.69 Å². The molecule has 1 nitrogen and oxygen atoms in total. The van der Waals surface area contributed by atoms with Gasteiger partial charge in [-0.05, 0) is 11.3 Å². The summed E-state index contributed by atoms with van der Waals surface area (Å²) in [6.45, 7) is 7.19. The molecule has 0 bridgehead atoms. The highest BCUT2D eigenvalue weighted by atomic mass is 32.1. The summed E-state index contributed by atoms with van der Waals surface area (Å²) < 4.78 is 2.67. The van der Waals surface area contributed by atoms with Gasteiger partial charge >= 0.3 is 0 Å². The maximum Gasteiger partial charge on any atom is 0.0794 e. The minimum Gasteiger partial charge on any atom is -0.398 e. The SMILES string of the molecule is C[Si](C)(C)c1cccc2c1sc1c(N)cccc12. The lowest BCUT2D eigenvalue weighted by molar-refractivity contribution is 1.75. The molecule has 1 heterocycles. The second-order valence-corrected chi connectivity index (χ2v) is 11.8. The van der Waals surface area contributed by atoms with Crippen LogP contribution in [0.3, 0.4) is 0 Å². The van der Waals surface area contributed by atoms with Gasteiger partial charge in [-0.25, -0.2) is 0 Å².